The summed E-state index contributed by atoms with van der Waals surface area (Å²) in [7, 11) is 0. The zero-order valence-corrected chi connectivity index (χ0v) is 9.60. The van der Waals surface area contributed by atoms with Crippen LogP contribution >= 0.6 is 0 Å². The van der Waals surface area contributed by atoms with E-state index in [0.717, 1.165) is 26.2 Å². The van der Waals surface area contributed by atoms with E-state index in [1.165, 1.54) is 6.08 Å². The van der Waals surface area contributed by atoms with Gasteiger partial charge >= 0.3 is 0 Å². The van der Waals surface area contributed by atoms with Gasteiger partial charge in [-0.2, -0.15) is 0 Å². The second-order valence-corrected chi connectivity index (χ2v) is 3.97. The highest BCUT2D eigenvalue weighted by atomic mass is 16.3. The molecule has 1 aromatic rings. The maximum Gasteiger partial charge on any atom is 0.246 e. The molecule has 0 atom stereocenters. The fourth-order valence-corrected chi connectivity index (χ4v) is 1.78. The lowest BCUT2D eigenvalue weighted by molar-refractivity contribution is -0.126. The SMILES string of the molecule is O=C(/C=C/c1ccccc1O)N1CCNCC1. The summed E-state index contributed by atoms with van der Waals surface area (Å²) in [5.74, 6) is 0.187. The second kappa shape index (κ2) is 5.50. The van der Waals surface area contributed by atoms with Gasteiger partial charge in [-0.25, -0.2) is 0 Å². The van der Waals surface area contributed by atoms with Gasteiger partial charge in [-0.3, -0.25) is 4.79 Å². The molecule has 1 saturated heterocycles. The Morgan fingerprint density at radius 1 is 1.29 bits per heavy atom. The predicted molar refractivity (Wildman–Crippen MR) is 66.6 cm³/mol. The van der Waals surface area contributed by atoms with Crippen molar-refractivity contribution in [3.8, 4) is 5.75 Å². The van der Waals surface area contributed by atoms with Gasteiger partial charge in [0.25, 0.3) is 0 Å². The monoisotopic (exact) mass is 232 g/mol. The van der Waals surface area contributed by atoms with Crippen molar-refractivity contribution in [2.24, 2.45) is 0 Å². The van der Waals surface area contributed by atoms with E-state index >= 15 is 0 Å². The molecule has 0 unspecified atom stereocenters. The molecule has 4 nitrogen and oxygen atoms in total. The number of hydrogen-bond acceptors (Lipinski definition) is 3. The van der Waals surface area contributed by atoms with Crippen molar-refractivity contribution < 1.29 is 9.90 Å². The molecule has 1 heterocycles. The molecule has 0 aliphatic carbocycles. The molecular weight excluding hydrogens is 216 g/mol. The lowest BCUT2D eigenvalue weighted by Crippen LogP contribution is -2.45. The lowest BCUT2D eigenvalue weighted by atomic mass is 10.2. The van der Waals surface area contributed by atoms with Gasteiger partial charge < -0.3 is 15.3 Å². The molecule has 2 N–H and O–H groups in total. The van der Waals surface area contributed by atoms with Gasteiger partial charge in [-0.05, 0) is 12.1 Å². The summed E-state index contributed by atoms with van der Waals surface area (Å²) in [5, 5.41) is 12.7. The third-order valence-electron chi connectivity index (χ3n) is 2.77. The van der Waals surface area contributed by atoms with E-state index < -0.39 is 0 Å². The highest BCUT2D eigenvalue weighted by Gasteiger charge is 2.13. The maximum atomic E-state index is 11.8. The zero-order valence-electron chi connectivity index (χ0n) is 9.60. The van der Waals surface area contributed by atoms with Crippen LogP contribution in [0.5, 0.6) is 5.75 Å². The molecule has 1 fully saturated rings. The molecule has 0 saturated carbocycles. The van der Waals surface area contributed by atoms with Crippen LogP contribution in [0.3, 0.4) is 0 Å². The summed E-state index contributed by atoms with van der Waals surface area (Å²) in [5.41, 5.74) is 0.663. The van der Waals surface area contributed by atoms with Crippen LogP contribution in [-0.4, -0.2) is 42.1 Å². The minimum absolute atomic E-state index is 0.00486. The van der Waals surface area contributed by atoms with Crippen molar-refractivity contribution in [2.75, 3.05) is 26.2 Å². The molecular formula is C13H16N2O2. The fourth-order valence-electron chi connectivity index (χ4n) is 1.78. The number of aromatic hydroxyl groups is 1. The van der Waals surface area contributed by atoms with Crippen LogP contribution in [0.15, 0.2) is 30.3 Å². The fraction of sp³-hybridized carbons (Fsp3) is 0.308. The van der Waals surface area contributed by atoms with Crippen LogP contribution in [0.1, 0.15) is 5.56 Å². The zero-order chi connectivity index (χ0) is 12.1. The molecule has 4 heteroatoms. The Bertz CT molecular complexity index is 423. The Morgan fingerprint density at radius 2 is 2.00 bits per heavy atom. The Hall–Kier alpha value is -1.81. The quantitative estimate of drug-likeness (QED) is 0.743. The maximum absolute atomic E-state index is 11.8. The number of phenols is 1. The minimum atomic E-state index is -0.00486. The average Bonchev–Trinajstić information content (AvgIpc) is 2.38. The van der Waals surface area contributed by atoms with E-state index in [1.54, 1.807) is 29.2 Å². The highest BCUT2D eigenvalue weighted by Crippen LogP contribution is 2.16. The highest BCUT2D eigenvalue weighted by molar-refractivity contribution is 5.92. The first-order valence-corrected chi connectivity index (χ1v) is 5.73. The molecule has 0 bridgehead atoms. The first-order valence-electron chi connectivity index (χ1n) is 5.73. The molecule has 90 valence electrons. The van der Waals surface area contributed by atoms with Gasteiger partial charge in [0.15, 0.2) is 0 Å². The summed E-state index contributed by atoms with van der Waals surface area (Å²) in [4.78, 5) is 13.6. The number of nitrogens with one attached hydrogen (secondary N) is 1. The van der Waals surface area contributed by atoms with E-state index in [9.17, 15) is 9.90 Å². The second-order valence-electron chi connectivity index (χ2n) is 3.97. The molecule has 0 radical (unpaired) electrons. The van der Waals surface area contributed by atoms with Crippen molar-refractivity contribution in [2.45, 2.75) is 0 Å². The predicted octanol–water partition coefficient (Wildman–Crippen LogP) is 0.837. The Balaban J connectivity index is 2.00. The number of benzene rings is 1. The van der Waals surface area contributed by atoms with Gasteiger partial charge in [0.1, 0.15) is 5.75 Å². The number of para-hydroxylation sites is 1. The normalized spacial score (nSPS) is 16.4. The van der Waals surface area contributed by atoms with E-state index in [0.29, 0.717) is 5.56 Å². The number of hydrogen-bond donors (Lipinski definition) is 2. The molecule has 1 aliphatic rings. The Morgan fingerprint density at radius 3 is 2.71 bits per heavy atom. The van der Waals surface area contributed by atoms with Gasteiger partial charge in [0, 0.05) is 37.8 Å². The van der Waals surface area contributed by atoms with Gasteiger partial charge in [0.2, 0.25) is 5.91 Å². The van der Waals surface area contributed by atoms with E-state index in [1.807, 2.05) is 6.07 Å². The number of rotatable bonds is 2. The Labute approximate surface area is 101 Å². The summed E-state index contributed by atoms with van der Waals surface area (Å²) < 4.78 is 0. The molecule has 0 spiro atoms. The van der Waals surface area contributed by atoms with Gasteiger partial charge in [-0.1, -0.05) is 18.2 Å². The first-order chi connectivity index (χ1) is 8.27. The molecule has 1 aromatic carbocycles. The first kappa shape index (κ1) is 11.7. The van der Waals surface area contributed by atoms with Crippen LogP contribution < -0.4 is 5.32 Å². The minimum Gasteiger partial charge on any atom is -0.507 e. The molecule has 1 aliphatic heterocycles. The third kappa shape index (κ3) is 3.07. The summed E-state index contributed by atoms with van der Waals surface area (Å²) in [6.07, 6.45) is 3.17. The van der Waals surface area contributed by atoms with E-state index in [2.05, 4.69) is 5.32 Å². The smallest absolute Gasteiger partial charge is 0.246 e. The summed E-state index contributed by atoms with van der Waals surface area (Å²) in [6.45, 7) is 3.17. The number of carbonyl (C=O) groups excluding carboxylic acids is 1. The molecule has 0 aromatic heterocycles. The number of phenolic OH excluding ortho intramolecular Hbond substituents is 1. The van der Waals surface area contributed by atoms with Gasteiger partial charge in [-0.15, -0.1) is 0 Å². The standard InChI is InChI=1S/C13H16N2O2/c16-12-4-2-1-3-11(12)5-6-13(17)15-9-7-14-8-10-15/h1-6,14,16H,7-10H2/b6-5+. The van der Waals surface area contributed by atoms with Crippen LogP contribution in [-0.2, 0) is 4.79 Å². The molecule has 1 amide bonds. The molecule has 2 rings (SSSR count). The summed E-state index contributed by atoms with van der Waals surface area (Å²) >= 11 is 0. The average molecular weight is 232 g/mol. The van der Waals surface area contributed by atoms with Crippen molar-refractivity contribution in [1.29, 1.82) is 0 Å². The number of amides is 1. The van der Waals surface area contributed by atoms with Crippen LogP contribution in [0, 0.1) is 0 Å². The third-order valence-corrected chi connectivity index (χ3v) is 2.77. The van der Waals surface area contributed by atoms with Gasteiger partial charge in [0.05, 0.1) is 0 Å². The number of carbonyl (C=O) groups is 1. The lowest BCUT2D eigenvalue weighted by Gasteiger charge is -2.26. The van der Waals surface area contributed by atoms with Crippen molar-refractivity contribution in [3.63, 3.8) is 0 Å². The van der Waals surface area contributed by atoms with Crippen molar-refractivity contribution in [3.05, 3.63) is 35.9 Å². The number of piperazine rings is 1. The topological polar surface area (TPSA) is 52.6 Å². The van der Waals surface area contributed by atoms with Crippen molar-refractivity contribution in [1.82, 2.24) is 10.2 Å². The number of nitrogens with zero attached hydrogens (tertiary/aromatic N) is 1. The largest absolute Gasteiger partial charge is 0.507 e. The van der Waals surface area contributed by atoms with Crippen molar-refractivity contribution >= 4 is 12.0 Å². The van der Waals surface area contributed by atoms with Crippen LogP contribution in [0.25, 0.3) is 6.08 Å². The van der Waals surface area contributed by atoms with Crippen LogP contribution in [0.4, 0.5) is 0 Å². The molecule has 17 heavy (non-hydrogen) atoms. The Kier molecular flexibility index (Phi) is 3.77. The van der Waals surface area contributed by atoms with E-state index in [-0.39, 0.29) is 11.7 Å². The van der Waals surface area contributed by atoms with E-state index in [4.69, 9.17) is 0 Å². The summed E-state index contributed by atoms with van der Waals surface area (Å²) in [6, 6.07) is 6.96. The van der Waals surface area contributed by atoms with Crippen LogP contribution in [0.2, 0.25) is 0 Å².